The Morgan fingerprint density at radius 2 is 1.44 bits per heavy atom. The molecule has 0 heterocycles. The van der Waals surface area contributed by atoms with Crippen molar-refractivity contribution in [1.82, 2.24) is 5.43 Å². The van der Waals surface area contributed by atoms with Crippen LogP contribution in [0.2, 0.25) is 0 Å². The molecule has 0 aliphatic rings. The average Bonchev–Trinajstić information content (AvgIpc) is 2.98. The molecule has 2 amide bonds. The van der Waals surface area contributed by atoms with E-state index in [9.17, 15) is 24.5 Å². The molecule has 0 saturated heterocycles. The number of nitro groups is 1. The highest BCUT2D eigenvalue weighted by atomic mass is 16.6. The van der Waals surface area contributed by atoms with Crippen molar-refractivity contribution in [2.24, 2.45) is 5.10 Å². The minimum atomic E-state index is -0.824. The van der Waals surface area contributed by atoms with Crippen LogP contribution < -0.4 is 20.2 Å². The van der Waals surface area contributed by atoms with Crippen molar-refractivity contribution >= 4 is 35.4 Å². The van der Waals surface area contributed by atoms with Crippen LogP contribution in [0.1, 0.15) is 42.2 Å². The largest absolute Gasteiger partial charge is 0.497 e. The number of aryl methyl sites for hydroxylation is 1. The van der Waals surface area contributed by atoms with Gasteiger partial charge in [0.2, 0.25) is 5.75 Å². The third-order valence-corrected chi connectivity index (χ3v) is 5.83. The van der Waals surface area contributed by atoms with Gasteiger partial charge in [0.05, 0.1) is 23.8 Å². The molecule has 206 valence electrons. The van der Waals surface area contributed by atoms with Gasteiger partial charge in [0, 0.05) is 28.4 Å². The number of hydrogen-bond donors (Lipinski definition) is 2. The Balaban J connectivity index is 1.43. The molecule has 0 unspecified atom stereocenters. The summed E-state index contributed by atoms with van der Waals surface area (Å²) >= 11 is 0. The molecule has 0 fully saturated rings. The topological polar surface area (TPSA) is 149 Å². The number of ether oxygens (including phenoxy) is 2. The summed E-state index contributed by atoms with van der Waals surface area (Å²) in [6, 6.07) is 23.3. The summed E-state index contributed by atoms with van der Waals surface area (Å²) in [5.41, 5.74) is 4.41. The first kappa shape index (κ1) is 28.2. The molecule has 2 N–H and O–H groups in total. The predicted molar refractivity (Wildman–Crippen MR) is 152 cm³/mol. The molecule has 4 rings (SSSR count). The number of esters is 1. The number of anilines is 1. The number of nitro benzene ring substituents is 1. The molecule has 11 nitrogen and oxygen atoms in total. The van der Waals surface area contributed by atoms with Crippen molar-refractivity contribution in [2.45, 2.75) is 6.92 Å². The standard InChI is InChI=1S/C30H24N4O7/c1-19-6-8-20(9-7-19)28(35)32-24-14-10-21(11-15-24)29(36)33-31-18-23-4-3-5-26(34(38)39)27(23)41-30(37)22-12-16-25(40-2)17-13-22/h3-18H,1-2H3,(H,32,35)(H,33,36)/b31-18+. The SMILES string of the molecule is COc1ccc(C(=O)Oc2c(/C=N/NC(=O)c3ccc(NC(=O)c4ccc(C)cc4)cc3)cccc2[N+](=O)[O-])cc1. The summed E-state index contributed by atoms with van der Waals surface area (Å²) < 4.78 is 10.4. The van der Waals surface area contributed by atoms with Gasteiger partial charge < -0.3 is 14.8 Å². The molecule has 0 aromatic heterocycles. The normalized spacial score (nSPS) is 10.6. The fourth-order valence-corrected chi connectivity index (χ4v) is 3.62. The summed E-state index contributed by atoms with van der Waals surface area (Å²) in [7, 11) is 1.48. The van der Waals surface area contributed by atoms with Gasteiger partial charge in [0.1, 0.15) is 5.75 Å². The van der Waals surface area contributed by atoms with Crippen LogP contribution >= 0.6 is 0 Å². The van der Waals surface area contributed by atoms with Crippen LogP contribution in [0.25, 0.3) is 0 Å². The van der Waals surface area contributed by atoms with Gasteiger partial charge in [-0.2, -0.15) is 5.10 Å². The van der Waals surface area contributed by atoms with Gasteiger partial charge >= 0.3 is 11.7 Å². The zero-order valence-electron chi connectivity index (χ0n) is 22.0. The monoisotopic (exact) mass is 552 g/mol. The van der Waals surface area contributed by atoms with Crippen molar-refractivity contribution in [2.75, 3.05) is 12.4 Å². The highest BCUT2D eigenvalue weighted by molar-refractivity contribution is 6.04. The number of rotatable bonds is 9. The molecule has 0 atom stereocenters. The Hall–Kier alpha value is -5.84. The summed E-state index contributed by atoms with van der Waals surface area (Å²) in [6.07, 6.45) is 1.14. The van der Waals surface area contributed by atoms with E-state index in [1.165, 1.54) is 49.6 Å². The first-order valence-corrected chi connectivity index (χ1v) is 12.2. The second-order valence-electron chi connectivity index (χ2n) is 8.67. The fraction of sp³-hybridized carbons (Fsp3) is 0.0667. The van der Waals surface area contributed by atoms with Gasteiger partial charge in [-0.3, -0.25) is 19.7 Å². The first-order valence-electron chi connectivity index (χ1n) is 12.2. The van der Waals surface area contributed by atoms with E-state index in [-0.39, 0.29) is 28.3 Å². The van der Waals surface area contributed by atoms with Crippen molar-refractivity contribution in [3.05, 3.63) is 129 Å². The zero-order chi connectivity index (χ0) is 29.4. The molecule has 0 radical (unpaired) electrons. The maximum atomic E-state index is 12.7. The number of methoxy groups -OCH3 is 1. The summed E-state index contributed by atoms with van der Waals surface area (Å²) in [5.74, 6) is -1.48. The molecule has 0 bridgehead atoms. The van der Waals surface area contributed by atoms with Crippen LogP contribution in [0, 0.1) is 17.0 Å². The van der Waals surface area contributed by atoms with E-state index in [0.29, 0.717) is 17.0 Å². The van der Waals surface area contributed by atoms with E-state index in [1.807, 2.05) is 19.1 Å². The second kappa shape index (κ2) is 12.8. The van der Waals surface area contributed by atoms with Gasteiger partial charge in [0.25, 0.3) is 11.8 Å². The maximum absolute atomic E-state index is 12.7. The number of hydrazone groups is 1. The van der Waals surface area contributed by atoms with Crippen molar-refractivity contribution in [3.63, 3.8) is 0 Å². The molecule has 0 aliphatic heterocycles. The fourth-order valence-electron chi connectivity index (χ4n) is 3.62. The molecular formula is C30H24N4O7. The van der Waals surface area contributed by atoms with Crippen molar-refractivity contribution in [3.8, 4) is 11.5 Å². The van der Waals surface area contributed by atoms with E-state index in [1.54, 1.807) is 36.4 Å². The van der Waals surface area contributed by atoms with E-state index in [0.717, 1.165) is 11.8 Å². The number of nitrogens with zero attached hydrogens (tertiary/aromatic N) is 2. The lowest BCUT2D eigenvalue weighted by Gasteiger charge is -2.09. The average molecular weight is 553 g/mol. The van der Waals surface area contributed by atoms with Crippen LogP contribution in [0.4, 0.5) is 11.4 Å². The van der Waals surface area contributed by atoms with Crippen LogP contribution in [0.3, 0.4) is 0 Å². The van der Waals surface area contributed by atoms with Crippen LogP contribution in [-0.4, -0.2) is 36.0 Å². The Labute approximate surface area is 234 Å². The highest BCUT2D eigenvalue weighted by Crippen LogP contribution is 2.31. The molecule has 0 spiro atoms. The van der Waals surface area contributed by atoms with Crippen LogP contribution in [0.15, 0.2) is 96.1 Å². The Kier molecular flexibility index (Phi) is 8.80. The molecular weight excluding hydrogens is 528 g/mol. The zero-order valence-corrected chi connectivity index (χ0v) is 22.0. The molecule has 0 aliphatic carbocycles. The van der Waals surface area contributed by atoms with Gasteiger partial charge in [-0.1, -0.05) is 23.8 Å². The van der Waals surface area contributed by atoms with Gasteiger partial charge in [-0.15, -0.1) is 0 Å². The number of nitrogens with one attached hydrogen (secondary N) is 2. The number of carbonyl (C=O) groups excluding carboxylic acids is 3. The van der Waals surface area contributed by atoms with Crippen molar-refractivity contribution < 1.29 is 28.8 Å². The quantitative estimate of drug-likeness (QED) is 0.0959. The number of para-hydroxylation sites is 1. The minimum absolute atomic E-state index is 0.0931. The highest BCUT2D eigenvalue weighted by Gasteiger charge is 2.22. The third-order valence-electron chi connectivity index (χ3n) is 5.83. The second-order valence-corrected chi connectivity index (χ2v) is 8.67. The number of carbonyl (C=O) groups is 3. The lowest BCUT2D eigenvalue weighted by molar-refractivity contribution is -0.385. The minimum Gasteiger partial charge on any atom is -0.497 e. The number of hydrogen-bond acceptors (Lipinski definition) is 8. The molecule has 11 heteroatoms. The van der Waals surface area contributed by atoms with E-state index in [2.05, 4.69) is 15.8 Å². The van der Waals surface area contributed by atoms with Crippen LogP contribution in [0.5, 0.6) is 11.5 Å². The number of amides is 2. The Bertz CT molecular complexity index is 1610. The third kappa shape index (κ3) is 7.18. The van der Waals surface area contributed by atoms with E-state index >= 15 is 0 Å². The van der Waals surface area contributed by atoms with Gasteiger partial charge in [-0.25, -0.2) is 10.2 Å². The smallest absolute Gasteiger partial charge is 0.343 e. The maximum Gasteiger partial charge on any atom is 0.343 e. The predicted octanol–water partition coefficient (Wildman–Crippen LogP) is 5.15. The summed E-state index contributed by atoms with van der Waals surface area (Å²) in [5, 5.41) is 18.2. The summed E-state index contributed by atoms with van der Waals surface area (Å²) in [4.78, 5) is 48.5. The lowest BCUT2D eigenvalue weighted by atomic mass is 10.1. The first-order chi connectivity index (χ1) is 19.7. The molecule has 4 aromatic rings. The number of benzene rings is 4. The van der Waals surface area contributed by atoms with Crippen LogP contribution in [-0.2, 0) is 0 Å². The van der Waals surface area contributed by atoms with E-state index in [4.69, 9.17) is 9.47 Å². The molecule has 0 saturated carbocycles. The van der Waals surface area contributed by atoms with Crippen molar-refractivity contribution in [1.29, 1.82) is 0 Å². The summed E-state index contributed by atoms with van der Waals surface area (Å²) in [6.45, 7) is 1.93. The Morgan fingerprint density at radius 3 is 2.07 bits per heavy atom. The molecule has 41 heavy (non-hydrogen) atoms. The molecule has 4 aromatic carbocycles. The van der Waals surface area contributed by atoms with E-state index < -0.39 is 22.5 Å². The Morgan fingerprint density at radius 1 is 0.829 bits per heavy atom. The van der Waals surface area contributed by atoms with Gasteiger partial charge in [-0.05, 0) is 73.7 Å². The van der Waals surface area contributed by atoms with Gasteiger partial charge in [0.15, 0.2) is 0 Å². The lowest BCUT2D eigenvalue weighted by Crippen LogP contribution is -2.18.